The molecule has 0 unspecified atom stereocenters. The summed E-state index contributed by atoms with van der Waals surface area (Å²) in [6.07, 6.45) is 3.13. The number of nitrogens with zero attached hydrogens (tertiary/aromatic N) is 3. The van der Waals surface area contributed by atoms with Crippen molar-refractivity contribution >= 4 is 17.2 Å². The Morgan fingerprint density at radius 2 is 2.04 bits per heavy atom. The van der Waals surface area contributed by atoms with Crippen molar-refractivity contribution in [2.24, 2.45) is 0 Å². The summed E-state index contributed by atoms with van der Waals surface area (Å²) < 4.78 is 0. The number of rotatable bonds is 6. The van der Waals surface area contributed by atoms with Gasteiger partial charge in [0, 0.05) is 49.0 Å². The van der Waals surface area contributed by atoms with E-state index >= 15 is 0 Å². The molecule has 7 heteroatoms. The van der Waals surface area contributed by atoms with Crippen LogP contribution in [0, 0.1) is 13.8 Å². The molecule has 142 valence electrons. The Labute approximate surface area is 159 Å². The maximum atomic E-state index is 11.9. The van der Waals surface area contributed by atoms with E-state index in [1.54, 1.807) is 17.4 Å². The molecule has 0 aliphatic carbocycles. The number of thiazole rings is 1. The summed E-state index contributed by atoms with van der Waals surface area (Å²) >= 11 is 1.80. The van der Waals surface area contributed by atoms with Crippen LogP contribution in [0.25, 0.3) is 0 Å². The zero-order chi connectivity index (χ0) is 18.7. The highest BCUT2D eigenvalue weighted by atomic mass is 32.1. The number of hydrogen-bond donors (Lipinski definition) is 2. The number of aryl methyl sites for hydroxylation is 2. The van der Waals surface area contributed by atoms with Crippen LogP contribution < -0.4 is 15.8 Å². The fraction of sp³-hybridized carbons (Fsp3) is 0.632. The van der Waals surface area contributed by atoms with E-state index in [4.69, 9.17) is 0 Å². The van der Waals surface area contributed by atoms with Gasteiger partial charge >= 0.3 is 0 Å². The fourth-order valence-corrected chi connectivity index (χ4v) is 4.17. The van der Waals surface area contributed by atoms with E-state index in [-0.39, 0.29) is 11.5 Å². The summed E-state index contributed by atoms with van der Waals surface area (Å²) in [6, 6.07) is 2.15. The van der Waals surface area contributed by atoms with Gasteiger partial charge in [0.15, 0.2) is 0 Å². The predicted molar refractivity (Wildman–Crippen MR) is 107 cm³/mol. The minimum atomic E-state index is -0.0621. The first-order valence-corrected chi connectivity index (χ1v) is 10.3. The van der Waals surface area contributed by atoms with E-state index in [1.165, 1.54) is 9.88 Å². The molecule has 1 aliphatic rings. The normalized spacial score (nSPS) is 15.8. The molecule has 2 N–H and O–H groups in total. The van der Waals surface area contributed by atoms with Crippen molar-refractivity contribution in [2.45, 2.75) is 58.9 Å². The Bertz CT molecular complexity index is 770. The van der Waals surface area contributed by atoms with Gasteiger partial charge in [-0.15, -0.1) is 11.3 Å². The number of aromatic nitrogens is 3. The third-order valence-electron chi connectivity index (χ3n) is 4.96. The second-order valence-corrected chi connectivity index (χ2v) is 8.65. The van der Waals surface area contributed by atoms with Gasteiger partial charge in [-0.2, -0.15) is 0 Å². The van der Waals surface area contributed by atoms with Crippen LogP contribution >= 0.6 is 11.3 Å². The Kier molecular flexibility index (Phi) is 6.09. The van der Waals surface area contributed by atoms with Crippen LogP contribution in [0.4, 0.5) is 5.82 Å². The first kappa shape index (κ1) is 19.0. The van der Waals surface area contributed by atoms with E-state index in [0.29, 0.717) is 6.04 Å². The second-order valence-electron chi connectivity index (χ2n) is 7.36. The molecule has 3 heterocycles. The van der Waals surface area contributed by atoms with Crippen LogP contribution in [0.2, 0.25) is 0 Å². The van der Waals surface area contributed by atoms with Gasteiger partial charge in [-0.05, 0) is 26.7 Å². The molecular formula is C19H29N5OS. The number of anilines is 1. The number of H-pyrrole nitrogens is 1. The van der Waals surface area contributed by atoms with Gasteiger partial charge in [-0.3, -0.25) is 4.79 Å². The zero-order valence-corrected chi connectivity index (χ0v) is 16.9. The van der Waals surface area contributed by atoms with E-state index in [9.17, 15) is 4.79 Å². The van der Waals surface area contributed by atoms with E-state index in [1.807, 2.05) is 13.8 Å². The van der Waals surface area contributed by atoms with E-state index < -0.39 is 0 Å². The van der Waals surface area contributed by atoms with Gasteiger partial charge in [0.1, 0.15) is 11.6 Å². The van der Waals surface area contributed by atoms with Crippen molar-refractivity contribution in [1.29, 1.82) is 0 Å². The Hall–Kier alpha value is -1.73. The molecule has 0 bridgehead atoms. The third kappa shape index (κ3) is 4.71. The van der Waals surface area contributed by atoms with Gasteiger partial charge in [0.25, 0.3) is 5.56 Å². The third-order valence-corrected chi connectivity index (χ3v) is 6.09. The molecule has 2 aromatic heterocycles. The molecule has 1 fully saturated rings. The molecule has 1 aliphatic heterocycles. The largest absolute Gasteiger partial charge is 0.356 e. The average molecular weight is 376 g/mol. The Morgan fingerprint density at radius 3 is 2.65 bits per heavy atom. The maximum Gasteiger partial charge on any atom is 0.252 e. The summed E-state index contributed by atoms with van der Waals surface area (Å²) in [6.45, 7) is 11.1. The SMILES string of the molecule is Cc1nc(CCNC2CCN(c3cc(=O)[nH]c(C(C)C)n3)CC2)sc1C. The van der Waals surface area contributed by atoms with Crippen molar-refractivity contribution in [2.75, 3.05) is 24.5 Å². The number of aromatic amines is 1. The minimum Gasteiger partial charge on any atom is -0.356 e. The minimum absolute atomic E-state index is 0.0621. The molecule has 26 heavy (non-hydrogen) atoms. The summed E-state index contributed by atoms with van der Waals surface area (Å²) in [4.78, 5) is 27.5. The van der Waals surface area contributed by atoms with Crippen molar-refractivity contribution in [3.8, 4) is 0 Å². The fourth-order valence-electron chi connectivity index (χ4n) is 3.24. The lowest BCUT2D eigenvalue weighted by molar-refractivity contribution is 0.416. The summed E-state index contributed by atoms with van der Waals surface area (Å²) in [5, 5.41) is 4.88. The topological polar surface area (TPSA) is 73.9 Å². The molecule has 6 nitrogen and oxygen atoms in total. The molecule has 0 atom stereocenters. The van der Waals surface area contributed by atoms with Gasteiger partial charge < -0.3 is 15.2 Å². The molecule has 3 rings (SSSR count). The Balaban J connectivity index is 1.49. The van der Waals surface area contributed by atoms with Crippen LogP contribution in [0.1, 0.15) is 54.0 Å². The van der Waals surface area contributed by atoms with E-state index in [2.05, 4.69) is 39.0 Å². The monoisotopic (exact) mass is 375 g/mol. The Morgan fingerprint density at radius 1 is 1.31 bits per heavy atom. The van der Waals surface area contributed by atoms with Crippen LogP contribution in [0.15, 0.2) is 10.9 Å². The second kappa shape index (κ2) is 8.31. The van der Waals surface area contributed by atoms with Gasteiger partial charge in [-0.25, -0.2) is 9.97 Å². The molecule has 1 saturated heterocycles. The quantitative estimate of drug-likeness (QED) is 0.812. The molecular weight excluding hydrogens is 346 g/mol. The zero-order valence-electron chi connectivity index (χ0n) is 16.1. The highest BCUT2D eigenvalue weighted by Gasteiger charge is 2.21. The molecule has 0 saturated carbocycles. The van der Waals surface area contributed by atoms with Crippen LogP contribution in [-0.2, 0) is 6.42 Å². The lowest BCUT2D eigenvalue weighted by Crippen LogP contribution is -2.43. The van der Waals surface area contributed by atoms with Crippen molar-refractivity contribution in [1.82, 2.24) is 20.3 Å². The molecule has 0 aromatic carbocycles. The first-order valence-electron chi connectivity index (χ1n) is 9.45. The number of piperidine rings is 1. The number of nitrogens with one attached hydrogen (secondary N) is 2. The van der Waals surface area contributed by atoms with Crippen LogP contribution in [0.5, 0.6) is 0 Å². The standard InChI is InChI=1S/C19H29N5OS/c1-12(2)19-22-16(11-17(25)23-19)24-9-6-15(7-10-24)20-8-5-18-21-13(3)14(4)26-18/h11-12,15,20H,5-10H2,1-4H3,(H,22,23,25). The molecule has 0 radical (unpaired) electrons. The van der Waals surface area contributed by atoms with Crippen molar-refractivity contribution in [3.05, 3.63) is 37.8 Å². The van der Waals surface area contributed by atoms with E-state index in [0.717, 1.165) is 56.2 Å². The van der Waals surface area contributed by atoms with Crippen molar-refractivity contribution in [3.63, 3.8) is 0 Å². The lowest BCUT2D eigenvalue weighted by Gasteiger charge is -2.33. The molecule has 0 spiro atoms. The van der Waals surface area contributed by atoms with Crippen LogP contribution in [-0.4, -0.2) is 40.6 Å². The molecule has 0 amide bonds. The predicted octanol–water partition coefficient (Wildman–Crippen LogP) is 2.77. The van der Waals surface area contributed by atoms with Gasteiger partial charge in [0.05, 0.1) is 10.7 Å². The summed E-state index contributed by atoms with van der Waals surface area (Å²) in [5.74, 6) is 1.80. The van der Waals surface area contributed by atoms with Gasteiger partial charge in [0.2, 0.25) is 0 Å². The smallest absolute Gasteiger partial charge is 0.252 e. The maximum absolute atomic E-state index is 11.9. The lowest BCUT2D eigenvalue weighted by atomic mass is 10.0. The number of hydrogen-bond acceptors (Lipinski definition) is 6. The first-order chi connectivity index (χ1) is 12.4. The highest BCUT2D eigenvalue weighted by molar-refractivity contribution is 7.11. The summed E-state index contributed by atoms with van der Waals surface area (Å²) in [7, 11) is 0. The van der Waals surface area contributed by atoms with Crippen LogP contribution in [0.3, 0.4) is 0 Å². The van der Waals surface area contributed by atoms with Crippen molar-refractivity contribution < 1.29 is 0 Å². The summed E-state index contributed by atoms with van der Waals surface area (Å²) in [5.41, 5.74) is 1.09. The highest BCUT2D eigenvalue weighted by Crippen LogP contribution is 2.19. The molecule has 2 aromatic rings. The average Bonchev–Trinajstić information content (AvgIpc) is 2.93. The van der Waals surface area contributed by atoms with Gasteiger partial charge in [-0.1, -0.05) is 13.8 Å².